The first-order valence-electron chi connectivity index (χ1n) is 5.90. The summed E-state index contributed by atoms with van der Waals surface area (Å²) >= 11 is 1.24. The second kappa shape index (κ2) is 4.89. The Labute approximate surface area is 118 Å². The van der Waals surface area contributed by atoms with Crippen molar-refractivity contribution in [2.24, 2.45) is 7.05 Å². The van der Waals surface area contributed by atoms with Crippen LogP contribution in [0.25, 0.3) is 10.3 Å². The van der Waals surface area contributed by atoms with Crippen LogP contribution in [0.3, 0.4) is 0 Å². The van der Waals surface area contributed by atoms with Crippen molar-refractivity contribution in [2.75, 3.05) is 5.73 Å². The Balaban J connectivity index is 1.80. The number of aryl methyl sites for hydroxylation is 1. The lowest BCUT2D eigenvalue weighted by atomic mass is 10.3. The number of hydrogen-bond acceptors (Lipinski definition) is 6. The minimum Gasteiger partial charge on any atom is -0.396 e. The monoisotopic (exact) mass is 288 g/mol. The number of aromatic nitrogens is 4. The number of thiophene rings is 1. The predicted octanol–water partition coefficient (Wildman–Crippen LogP) is 0.937. The Morgan fingerprint density at radius 1 is 1.45 bits per heavy atom. The van der Waals surface area contributed by atoms with Crippen LogP contribution in [0.5, 0.6) is 0 Å². The van der Waals surface area contributed by atoms with Crippen molar-refractivity contribution in [1.29, 1.82) is 0 Å². The molecule has 3 rings (SSSR count). The number of nitrogens with one attached hydrogen (secondary N) is 1. The number of anilines is 1. The summed E-state index contributed by atoms with van der Waals surface area (Å²) in [4.78, 5) is 21.5. The van der Waals surface area contributed by atoms with Crippen LogP contribution in [0.2, 0.25) is 0 Å². The van der Waals surface area contributed by atoms with Gasteiger partial charge in [-0.25, -0.2) is 9.97 Å². The second-order valence-electron chi connectivity index (χ2n) is 4.26. The standard InChI is InChI=1S/C12H12N6OS/c1-18-6-7(5-17-18)4-16-11(19)10-8(13)9-12(20-10)15-3-2-14-9/h2-3,5-6H,4,13H2,1H3,(H,16,19). The fourth-order valence-electron chi connectivity index (χ4n) is 1.84. The van der Waals surface area contributed by atoms with Crippen molar-refractivity contribution in [3.8, 4) is 0 Å². The highest BCUT2D eigenvalue weighted by Crippen LogP contribution is 2.30. The van der Waals surface area contributed by atoms with Crippen LogP contribution in [-0.4, -0.2) is 25.7 Å². The van der Waals surface area contributed by atoms with Crippen LogP contribution in [0.1, 0.15) is 15.2 Å². The Kier molecular flexibility index (Phi) is 3.07. The normalized spacial score (nSPS) is 10.8. The Hall–Kier alpha value is -2.48. The van der Waals surface area contributed by atoms with Gasteiger partial charge >= 0.3 is 0 Å². The van der Waals surface area contributed by atoms with Crippen LogP contribution in [0, 0.1) is 0 Å². The van der Waals surface area contributed by atoms with Crippen molar-refractivity contribution < 1.29 is 4.79 Å². The van der Waals surface area contributed by atoms with E-state index in [0.29, 0.717) is 27.5 Å². The molecule has 3 heterocycles. The summed E-state index contributed by atoms with van der Waals surface area (Å²) < 4.78 is 1.68. The minimum absolute atomic E-state index is 0.226. The van der Waals surface area contributed by atoms with Gasteiger partial charge in [-0.05, 0) is 0 Å². The lowest BCUT2D eigenvalue weighted by molar-refractivity contribution is 0.0956. The van der Waals surface area contributed by atoms with Gasteiger partial charge in [-0.15, -0.1) is 11.3 Å². The summed E-state index contributed by atoms with van der Waals surface area (Å²) in [5.41, 5.74) is 7.82. The number of carbonyl (C=O) groups excluding carboxylic acids is 1. The van der Waals surface area contributed by atoms with Gasteiger partial charge in [-0.2, -0.15) is 5.10 Å². The average molecular weight is 288 g/mol. The molecule has 7 nitrogen and oxygen atoms in total. The van der Waals surface area contributed by atoms with Crippen molar-refractivity contribution in [2.45, 2.75) is 6.54 Å². The van der Waals surface area contributed by atoms with E-state index in [1.54, 1.807) is 23.3 Å². The molecule has 3 aromatic heterocycles. The maximum Gasteiger partial charge on any atom is 0.263 e. The van der Waals surface area contributed by atoms with Crippen LogP contribution in [0.15, 0.2) is 24.8 Å². The Bertz CT molecular complexity index is 777. The second-order valence-corrected chi connectivity index (χ2v) is 5.26. The third kappa shape index (κ3) is 2.21. The quantitative estimate of drug-likeness (QED) is 0.747. The Morgan fingerprint density at radius 3 is 2.95 bits per heavy atom. The number of rotatable bonds is 3. The lowest BCUT2D eigenvalue weighted by Gasteiger charge is -2.01. The molecule has 3 aromatic rings. The predicted molar refractivity (Wildman–Crippen MR) is 76.2 cm³/mol. The molecule has 0 saturated carbocycles. The number of amides is 1. The molecule has 0 saturated heterocycles. The van der Waals surface area contributed by atoms with Crippen LogP contribution < -0.4 is 11.1 Å². The average Bonchev–Trinajstić information content (AvgIpc) is 3.01. The molecule has 0 aliphatic heterocycles. The minimum atomic E-state index is -0.226. The molecule has 1 amide bonds. The van der Waals surface area contributed by atoms with Crippen molar-refractivity contribution in [3.63, 3.8) is 0 Å². The first kappa shape index (κ1) is 12.5. The fraction of sp³-hybridized carbons (Fsp3) is 0.167. The molecule has 20 heavy (non-hydrogen) atoms. The summed E-state index contributed by atoms with van der Waals surface area (Å²) in [5.74, 6) is -0.226. The maximum atomic E-state index is 12.2. The van der Waals surface area contributed by atoms with Gasteiger partial charge in [0.1, 0.15) is 15.2 Å². The number of hydrogen-bond donors (Lipinski definition) is 2. The van der Waals surface area contributed by atoms with Gasteiger partial charge in [0.15, 0.2) is 0 Å². The summed E-state index contributed by atoms with van der Waals surface area (Å²) in [6.45, 7) is 0.404. The van der Waals surface area contributed by atoms with E-state index in [1.165, 1.54) is 11.3 Å². The van der Waals surface area contributed by atoms with Gasteiger partial charge in [0, 0.05) is 37.7 Å². The van der Waals surface area contributed by atoms with E-state index in [0.717, 1.165) is 5.56 Å². The molecule has 0 spiro atoms. The van der Waals surface area contributed by atoms with Crippen molar-refractivity contribution >= 4 is 33.3 Å². The topological polar surface area (TPSA) is 98.7 Å². The summed E-state index contributed by atoms with van der Waals surface area (Å²) in [5, 5.41) is 6.86. The SMILES string of the molecule is Cn1cc(CNC(=O)c2sc3nccnc3c2N)cn1. The van der Waals surface area contributed by atoms with Crippen molar-refractivity contribution in [1.82, 2.24) is 25.1 Å². The van der Waals surface area contributed by atoms with Gasteiger partial charge < -0.3 is 11.1 Å². The number of fused-ring (bicyclic) bond motifs is 1. The van der Waals surface area contributed by atoms with E-state index < -0.39 is 0 Å². The van der Waals surface area contributed by atoms with Crippen LogP contribution in [-0.2, 0) is 13.6 Å². The zero-order valence-corrected chi connectivity index (χ0v) is 11.5. The zero-order chi connectivity index (χ0) is 14.1. The molecule has 0 aromatic carbocycles. The van der Waals surface area contributed by atoms with E-state index in [2.05, 4.69) is 20.4 Å². The van der Waals surface area contributed by atoms with E-state index >= 15 is 0 Å². The third-order valence-electron chi connectivity index (χ3n) is 2.78. The number of carbonyl (C=O) groups is 1. The molecule has 8 heteroatoms. The van der Waals surface area contributed by atoms with Gasteiger partial charge in [-0.3, -0.25) is 9.48 Å². The highest BCUT2D eigenvalue weighted by atomic mass is 32.1. The lowest BCUT2D eigenvalue weighted by Crippen LogP contribution is -2.22. The zero-order valence-electron chi connectivity index (χ0n) is 10.7. The van der Waals surface area contributed by atoms with Crippen molar-refractivity contribution in [3.05, 3.63) is 35.2 Å². The van der Waals surface area contributed by atoms with Gasteiger partial charge in [0.25, 0.3) is 5.91 Å². The molecule has 0 radical (unpaired) electrons. The number of nitrogens with two attached hydrogens (primary N) is 1. The molecular formula is C12H12N6OS. The first-order valence-corrected chi connectivity index (χ1v) is 6.71. The smallest absolute Gasteiger partial charge is 0.263 e. The van der Waals surface area contributed by atoms with Gasteiger partial charge in [-0.1, -0.05) is 0 Å². The molecule has 0 bridgehead atoms. The van der Waals surface area contributed by atoms with Gasteiger partial charge in [0.05, 0.1) is 11.9 Å². The summed E-state index contributed by atoms with van der Waals surface area (Å²) in [6.07, 6.45) is 6.69. The molecular weight excluding hydrogens is 276 g/mol. The molecule has 0 atom stereocenters. The van der Waals surface area contributed by atoms with E-state index in [4.69, 9.17) is 5.73 Å². The summed E-state index contributed by atoms with van der Waals surface area (Å²) in [7, 11) is 1.83. The Morgan fingerprint density at radius 2 is 2.25 bits per heavy atom. The van der Waals surface area contributed by atoms with Crippen LogP contribution in [0.4, 0.5) is 5.69 Å². The molecule has 102 valence electrons. The van der Waals surface area contributed by atoms with E-state index in [1.807, 2.05) is 13.2 Å². The fourth-order valence-corrected chi connectivity index (χ4v) is 2.78. The molecule has 0 aliphatic carbocycles. The maximum absolute atomic E-state index is 12.2. The highest BCUT2D eigenvalue weighted by molar-refractivity contribution is 7.21. The third-order valence-corrected chi connectivity index (χ3v) is 3.88. The molecule has 0 fully saturated rings. The highest BCUT2D eigenvalue weighted by Gasteiger charge is 2.17. The molecule has 0 aliphatic rings. The van der Waals surface area contributed by atoms with Crippen LogP contribution >= 0.6 is 11.3 Å². The van der Waals surface area contributed by atoms with E-state index in [9.17, 15) is 4.79 Å². The largest absolute Gasteiger partial charge is 0.396 e. The molecule has 3 N–H and O–H groups in total. The first-order chi connectivity index (χ1) is 9.65. The molecule has 0 unspecified atom stereocenters. The summed E-state index contributed by atoms with van der Waals surface area (Å²) in [6, 6.07) is 0. The van der Waals surface area contributed by atoms with Gasteiger partial charge in [0.2, 0.25) is 0 Å². The number of nitrogen functional groups attached to an aromatic ring is 1. The number of nitrogens with zero attached hydrogens (tertiary/aromatic N) is 4. The van der Waals surface area contributed by atoms with E-state index in [-0.39, 0.29) is 5.91 Å².